The van der Waals surface area contributed by atoms with Crippen LogP contribution in [0, 0.1) is 11.3 Å². The van der Waals surface area contributed by atoms with Crippen LogP contribution in [0.15, 0.2) is 24.3 Å². The number of hydrogen-bond donors (Lipinski definition) is 0. The summed E-state index contributed by atoms with van der Waals surface area (Å²) in [6.45, 7) is 0.187. The van der Waals surface area contributed by atoms with E-state index in [1.54, 1.807) is 24.3 Å². The average Bonchev–Trinajstić information content (AvgIpc) is 2.35. The summed E-state index contributed by atoms with van der Waals surface area (Å²) in [5.41, 5.74) is 1.16. The van der Waals surface area contributed by atoms with Crippen LogP contribution in [0.5, 0.6) is 0 Å². The first-order valence-corrected chi connectivity index (χ1v) is 5.61. The highest BCUT2D eigenvalue weighted by Crippen LogP contribution is 2.21. The molecule has 1 rings (SSSR count). The van der Waals surface area contributed by atoms with Gasteiger partial charge in [0.2, 0.25) is 5.91 Å². The topological polar surface area (TPSA) is 44.1 Å². The van der Waals surface area contributed by atoms with Crippen LogP contribution in [-0.4, -0.2) is 24.0 Å². The fourth-order valence-corrected chi connectivity index (χ4v) is 1.54. The second-order valence-corrected chi connectivity index (χ2v) is 4.18. The quantitative estimate of drug-likeness (QED) is 0.844. The number of halogens is 3. The molecule has 0 bridgehead atoms. The molecule has 0 radical (unpaired) electrons. The van der Waals surface area contributed by atoms with Gasteiger partial charge in [0.15, 0.2) is 0 Å². The molecule has 1 amide bonds. The number of nitrogens with zero attached hydrogens (tertiary/aromatic N) is 2. The summed E-state index contributed by atoms with van der Waals surface area (Å²) in [7, 11) is 1.44. The Morgan fingerprint density at radius 1 is 1.42 bits per heavy atom. The van der Waals surface area contributed by atoms with Crippen LogP contribution >= 0.6 is 0 Å². The van der Waals surface area contributed by atoms with Crippen LogP contribution in [0.2, 0.25) is 0 Å². The molecule has 1 aromatic rings. The van der Waals surface area contributed by atoms with Crippen LogP contribution in [0.4, 0.5) is 13.2 Å². The zero-order chi connectivity index (χ0) is 14.5. The Labute approximate surface area is 109 Å². The van der Waals surface area contributed by atoms with Crippen LogP contribution in [0.25, 0.3) is 0 Å². The minimum absolute atomic E-state index is 0.187. The predicted octanol–water partition coefficient (Wildman–Crippen LogP) is 2.86. The zero-order valence-corrected chi connectivity index (χ0v) is 10.4. The normalized spacial score (nSPS) is 10.9. The third-order valence-corrected chi connectivity index (χ3v) is 2.52. The van der Waals surface area contributed by atoms with E-state index in [0.29, 0.717) is 11.1 Å². The van der Waals surface area contributed by atoms with E-state index < -0.39 is 24.9 Å². The monoisotopic (exact) mass is 270 g/mol. The highest BCUT2D eigenvalue weighted by Gasteiger charge is 2.28. The molecule has 0 aliphatic carbocycles. The van der Waals surface area contributed by atoms with Crippen molar-refractivity contribution in [3.05, 3.63) is 35.4 Å². The van der Waals surface area contributed by atoms with E-state index in [-0.39, 0.29) is 6.54 Å². The molecule has 0 fully saturated rings. The molecule has 0 N–H and O–H groups in total. The molecule has 0 spiro atoms. The van der Waals surface area contributed by atoms with E-state index in [1.165, 1.54) is 11.9 Å². The van der Waals surface area contributed by atoms with Gasteiger partial charge < -0.3 is 4.90 Å². The minimum atomic E-state index is -4.32. The first kappa shape index (κ1) is 15.0. The fourth-order valence-electron chi connectivity index (χ4n) is 1.54. The Bertz CT molecular complexity index is 491. The first-order valence-electron chi connectivity index (χ1n) is 5.61. The highest BCUT2D eigenvalue weighted by molar-refractivity contribution is 5.75. The maximum atomic E-state index is 12.0. The van der Waals surface area contributed by atoms with E-state index in [2.05, 4.69) is 0 Å². The Hall–Kier alpha value is -2.03. The van der Waals surface area contributed by atoms with Gasteiger partial charge in [-0.2, -0.15) is 18.4 Å². The molecule has 1 aromatic carbocycles. The SMILES string of the molecule is CN(Cc1cccc(C#N)c1)C(=O)CCC(F)(F)F. The Kier molecular flexibility index (Phi) is 4.93. The number of carbonyl (C=O) groups excluding carboxylic acids is 1. The van der Waals surface area contributed by atoms with Crippen LogP contribution in [-0.2, 0) is 11.3 Å². The Balaban J connectivity index is 2.56. The molecule has 6 heteroatoms. The molecule has 0 aromatic heterocycles. The zero-order valence-electron chi connectivity index (χ0n) is 10.4. The van der Waals surface area contributed by atoms with Crippen molar-refractivity contribution in [1.82, 2.24) is 4.90 Å². The molecule has 19 heavy (non-hydrogen) atoms. The van der Waals surface area contributed by atoms with Crippen LogP contribution in [0.3, 0.4) is 0 Å². The molecule has 102 valence electrons. The number of alkyl halides is 3. The van der Waals surface area contributed by atoms with E-state index in [9.17, 15) is 18.0 Å². The van der Waals surface area contributed by atoms with Crippen molar-refractivity contribution >= 4 is 5.91 Å². The summed E-state index contributed by atoms with van der Waals surface area (Å²) in [4.78, 5) is 12.7. The number of nitriles is 1. The third kappa shape index (κ3) is 5.42. The van der Waals surface area contributed by atoms with Gasteiger partial charge in [0.1, 0.15) is 0 Å². The van der Waals surface area contributed by atoms with E-state index in [0.717, 1.165) is 0 Å². The molecule has 3 nitrogen and oxygen atoms in total. The van der Waals surface area contributed by atoms with Gasteiger partial charge in [-0.25, -0.2) is 0 Å². The minimum Gasteiger partial charge on any atom is -0.341 e. The maximum Gasteiger partial charge on any atom is 0.389 e. The lowest BCUT2D eigenvalue weighted by molar-refractivity contribution is -0.148. The van der Waals surface area contributed by atoms with Gasteiger partial charge in [0.05, 0.1) is 18.1 Å². The lowest BCUT2D eigenvalue weighted by Crippen LogP contribution is -2.27. The van der Waals surface area contributed by atoms with Gasteiger partial charge in [-0.05, 0) is 17.7 Å². The van der Waals surface area contributed by atoms with Gasteiger partial charge in [-0.3, -0.25) is 4.79 Å². The standard InChI is InChI=1S/C13H13F3N2O/c1-18(12(19)5-6-13(14,15)16)9-11-4-2-3-10(7-11)8-17/h2-4,7H,5-6,9H2,1H3. The van der Waals surface area contributed by atoms with Crippen molar-refractivity contribution in [2.24, 2.45) is 0 Å². The van der Waals surface area contributed by atoms with E-state index in [1.807, 2.05) is 6.07 Å². The van der Waals surface area contributed by atoms with Gasteiger partial charge in [0, 0.05) is 20.0 Å². The van der Waals surface area contributed by atoms with Crippen molar-refractivity contribution in [1.29, 1.82) is 5.26 Å². The van der Waals surface area contributed by atoms with Crippen molar-refractivity contribution < 1.29 is 18.0 Å². The smallest absolute Gasteiger partial charge is 0.341 e. The molecule has 0 saturated heterocycles. The predicted molar refractivity (Wildman–Crippen MR) is 62.9 cm³/mol. The number of amides is 1. The van der Waals surface area contributed by atoms with Gasteiger partial charge >= 0.3 is 6.18 Å². The summed E-state index contributed by atoms with van der Waals surface area (Å²) in [6.07, 6.45) is -6.00. The van der Waals surface area contributed by atoms with E-state index >= 15 is 0 Å². The third-order valence-electron chi connectivity index (χ3n) is 2.52. The summed E-state index contributed by atoms with van der Waals surface area (Å²) in [5.74, 6) is -0.570. The molecule has 0 unspecified atom stereocenters. The first-order chi connectivity index (χ1) is 8.81. The highest BCUT2D eigenvalue weighted by atomic mass is 19.4. The second kappa shape index (κ2) is 6.23. The van der Waals surface area contributed by atoms with Crippen molar-refractivity contribution in [3.63, 3.8) is 0 Å². The summed E-state index contributed by atoms with van der Waals surface area (Å²) in [5, 5.41) is 8.72. The summed E-state index contributed by atoms with van der Waals surface area (Å²) in [6, 6.07) is 8.57. The molecule has 0 heterocycles. The number of hydrogen-bond acceptors (Lipinski definition) is 2. The maximum absolute atomic E-state index is 12.0. The Morgan fingerprint density at radius 2 is 2.11 bits per heavy atom. The number of rotatable bonds is 4. The molecule has 0 aliphatic rings. The lowest BCUT2D eigenvalue weighted by atomic mass is 10.1. The second-order valence-electron chi connectivity index (χ2n) is 4.18. The van der Waals surface area contributed by atoms with Crippen molar-refractivity contribution in [3.8, 4) is 6.07 Å². The van der Waals surface area contributed by atoms with Crippen LogP contribution in [0.1, 0.15) is 24.0 Å². The molecule has 0 atom stereocenters. The van der Waals surface area contributed by atoms with Crippen molar-refractivity contribution in [2.75, 3.05) is 7.05 Å². The largest absolute Gasteiger partial charge is 0.389 e. The van der Waals surface area contributed by atoms with Crippen LogP contribution < -0.4 is 0 Å². The van der Waals surface area contributed by atoms with Gasteiger partial charge in [-0.15, -0.1) is 0 Å². The summed E-state index contributed by atoms with van der Waals surface area (Å²) < 4.78 is 36.0. The van der Waals surface area contributed by atoms with E-state index in [4.69, 9.17) is 5.26 Å². The summed E-state index contributed by atoms with van der Waals surface area (Å²) >= 11 is 0. The fraction of sp³-hybridized carbons (Fsp3) is 0.385. The molecular formula is C13H13F3N2O. The van der Waals surface area contributed by atoms with Crippen molar-refractivity contribution in [2.45, 2.75) is 25.6 Å². The average molecular weight is 270 g/mol. The molecule has 0 aliphatic heterocycles. The van der Waals surface area contributed by atoms with Gasteiger partial charge in [0.25, 0.3) is 0 Å². The Morgan fingerprint density at radius 3 is 2.68 bits per heavy atom. The lowest BCUT2D eigenvalue weighted by Gasteiger charge is -2.17. The molecule has 0 saturated carbocycles. The number of benzene rings is 1. The molecular weight excluding hydrogens is 257 g/mol. The number of carbonyl (C=O) groups is 1. The van der Waals surface area contributed by atoms with Gasteiger partial charge in [-0.1, -0.05) is 12.1 Å².